The minimum Gasteiger partial charge on any atom is -0.459 e. The number of rotatable bonds is 3. The Labute approximate surface area is 176 Å². The van der Waals surface area contributed by atoms with E-state index in [1.807, 2.05) is 42.5 Å². The standard InChI is InChI=1S/C23H16N4O4/c28-23(21-6-3-9-29-21)27-19(18-12-24-15-4-1-2-5-16(15)25-18)11-17(26-27)14-7-8-20-22(10-14)31-13-30-20/h1-10,12,19H,11,13H2/t19-/m0/s1. The monoisotopic (exact) mass is 412 g/mol. The van der Waals surface area contributed by atoms with E-state index < -0.39 is 6.04 Å². The maximum absolute atomic E-state index is 13.2. The van der Waals surface area contributed by atoms with Gasteiger partial charge in [0, 0.05) is 12.0 Å². The number of carbonyl (C=O) groups is 1. The summed E-state index contributed by atoms with van der Waals surface area (Å²) in [4.78, 5) is 22.4. The van der Waals surface area contributed by atoms with Gasteiger partial charge >= 0.3 is 5.91 Å². The van der Waals surface area contributed by atoms with Crippen molar-refractivity contribution in [3.63, 3.8) is 0 Å². The molecule has 2 aromatic heterocycles. The lowest BCUT2D eigenvalue weighted by Gasteiger charge is -2.20. The Morgan fingerprint density at radius 1 is 1.00 bits per heavy atom. The van der Waals surface area contributed by atoms with Gasteiger partial charge in [-0.3, -0.25) is 9.78 Å². The molecule has 0 unspecified atom stereocenters. The van der Waals surface area contributed by atoms with Crippen LogP contribution in [0.15, 0.2) is 76.6 Å². The summed E-state index contributed by atoms with van der Waals surface area (Å²) in [5, 5.41) is 6.08. The molecule has 0 radical (unpaired) electrons. The van der Waals surface area contributed by atoms with Crippen LogP contribution in [0.1, 0.15) is 34.3 Å². The molecule has 2 aliphatic heterocycles. The van der Waals surface area contributed by atoms with Crippen LogP contribution in [0, 0.1) is 0 Å². The van der Waals surface area contributed by atoms with Crippen LogP contribution in [0.4, 0.5) is 0 Å². The van der Waals surface area contributed by atoms with Crippen LogP contribution >= 0.6 is 0 Å². The van der Waals surface area contributed by atoms with E-state index >= 15 is 0 Å². The molecule has 0 fully saturated rings. The van der Waals surface area contributed by atoms with E-state index in [4.69, 9.17) is 18.9 Å². The second-order valence-corrected chi connectivity index (χ2v) is 7.25. The predicted octanol–water partition coefficient (Wildman–Crippen LogP) is 3.94. The molecule has 6 rings (SSSR count). The number of nitrogens with zero attached hydrogens (tertiary/aromatic N) is 4. The van der Waals surface area contributed by atoms with E-state index in [0.717, 1.165) is 22.3 Å². The van der Waals surface area contributed by atoms with Crippen molar-refractivity contribution in [2.24, 2.45) is 5.10 Å². The topological polar surface area (TPSA) is 90.1 Å². The van der Waals surface area contributed by atoms with Crippen molar-refractivity contribution < 1.29 is 18.7 Å². The first kappa shape index (κ1) is 17.6. The van der Waals surface area contributed by atoms with Crippen molar-refractivity contribution in [2.75, 3.05) is 6.79 Å². The van der Waals surface area contributed by atoms with Crippen molar-refractivity contribution in [3.8, 4) is 11.5 Å². The van der Waals surface area contributed by atoms with Gasteiger partial charge in [0.25, 0.3) is 0 Å². The van der Waals surface area contributed by atoms with Gasteiger partial charge in [0.1, 0.15) is 6.04 Å². The van der Waals surface area contributed by atoms with E-state index in [1.165, 1.54) is 11.3 Å². The predicted molar refractivity (Wildman–Crippen MR) is 111 cm³/mol. The zero-order chi connectivity index (χ0) is 20.8. The fourth-order valence-electron chi connectivity index (χ4n) is 3.82. The third-order valence-electron chi connectivity index (χ3n) is 5.36. The van der Waals surface area contributed by atoms with Crippen LogP contribution in [0.25, 0.3) is 11.0 Å². The highest BCUT2D eigenvalue weighted by Gasteiger charge is 2.36. The minimum atomic E-state index is -0.407. The van der Waals surface area contributed by atoms with Crippen molar-refractivity contribution >= 4 is 22.7 Å². The lowest BCUT2D eigenvalue weighted by atomic mass is 10.0. The smallest absolute Gasteiger partial charge is 0.310 e. The molecule has 2 aliphatic rings. The van der Waals surface area contributed by atoms with Crippen molar-refractivity contribution in [3.05, 3.63) is 84.1 Å². The molecule has 1 atom stereocenters. The molecular formula is C23H16N4O4. The number of furan rings is 1. The Kier molecular flexibility index (Phi) is 3.95. The maximum Gasteiger partial charge on any atom is 0.310 e. The number of amides is 1. The molecule has 1 amide bonds. The summed E-state index contributed by atoms with van der Waals surface area (Å²) in [5.74, 6) is 1.25. The molecule has 0 bridgehead atoms. The van der Waals surface area contributed by atoms with Crippen molar-refractivity contribution in [1.29, 1.82) is 0 Å². The van der Waals surface area contributed by atoms with Crippen LogP contribution in [0.3, 0.4) is 0 Å². The minimum absolute atomic E-state index is 0.198. The SMILES string of the molecule is O=C(c1ccco1)N1N=C(c2ccc3c(c2)OCO3)C[C@H]1c1cnc2ccccc2n1. The van der Waals surface area contributed by atoms with Crippen molar-refractivity contribution in [2.45, 2.75) is 12.5 Å². The van der Waals surface area contributed by atoms with E-state index in [2.05, 4.69) is 10.1 Å². The van der Waals surface area contributed by atoms with Crippen LogP contribution < -0.4 is 9.47 Å². The zero-order valence-corrected chi connectivity index (χ0v) is 16.3. The largest absolute Gasteiger partial charge is 0.459 e. The van der Waals surface area contributed by atoms with E-state index in [1.54, 1.807) is 18.3 Å². The molecular weight excluding hydrogens is 396 g/mol. The van der Waals surface area contributed by atoms with Crippen molar-refractivity contribution in [1.82, 2.24) is 15.0 Å². The van der Waals surface area contributed by atoms with Crippen LogP contribution in [0.2, 0.25) is 0 Å². The quantitative estimate of drug-likeness (QED) is 0.506. The third kappa shape index (κ3) is 3.00. The molecule has 8 nitrogen and oxygen atoms in total. The highest BCUT2D eigenvalue weighted by molar-refractivity contribution is 6.05. The van der Waals surface area contributed by atoms with Gasteiger partial charge in [0.2, 0.25) is 6.79 Å². The summed E-state index contributed by atoms with van der Waals surface area (Å²) in [6, 6.07) is 16.2. The molecule has 2 aromatic carbocycles. The molecule has 4 heterocycles. The Balaban J connectivity index is 1.41. The van der Waals surface area contributed by atoms with Gasteiger partial charge in [0.05, 0.1) is 34.9 Å². The summed E-state index contributed by atoms with van der Waals surface area (Å²) >= 11 is 0. The fourth-order valence-corrected chi connectivity index (χ4v) is 3.82. The number of carbonyl (C=O) groups excluding carboxylic acids is 1. The second-order valence-electron chi connectivity index (χ2n) is 7.25. The lowest BCUT2D eigenvalue weighted by molar-refractivity contribution is 0.0675. The Bertz CT molecular complexity index is 1330. The molecule has 8 heteroatoms. The lowest BCUT2D eigenvalue weighted by Crippen LogP contribution is -2.27. The normalized spacial score (nSPS) is 17.2. The van der Waals surface area contributed by atoms with Crippen LogP contribution in [-0.4, -0.2) is 33.4 Å². The van der Waals surface area contributed by atoms with Crippen LogP contribution in [0.5, 0.6) is 11.5 Å². The number of hydrazone groups is 1. The summed E-state index contributed by atoms with van der Waals surface area (Å²) in [6.45, 7) is 0.198. The Hall–Kier alpha value is -4.20. The molecule has 4 aromatic rings. The van der Waals surface area contributed by atoms with E-state index in [-0.39, 0.29) is 18.5 Å². The molecule has 0 spiro atoms. The summed E-state index contributed by atoms with van der Waals surface area (Å²) in [7, 11) is 0. The highest BCUT2D eigenvalue weighted by Crippen LogP contribution is 2.37. The zero-order valence-electron chi connectivity index (χ0n) is 16.3. The number of hydrogen-bond donors (Lipinski definition) is 0. The molecule has 0 N–H and O–H groups in total. The van der Waals surface area contributed by atoms with Crippen LogP contribution in [-0.2, 0) is 0 Å². The summed E-state index contributed by atoms with van der Waals surface area (Å²) in [6.07, 6.45) is 3.66. The molecule has 0 saturated carbocycles. The number of hydrogen-bond acceptors (Lipinski definition) is 7. The second kappa shape index (κ2) is 6.94. The highest BCUT2D eigenvalue weighted by atomic mass is 16.7. The number of benzene rings is 2. The molecule has 0 saturated heterocycles. The number of fused-ring (bicyclic) bond motifs is 2. The average molecular weight is 412 g/mol. The number of aromatic nitrogens is 2. The molecule has 152 valence electrons. The van der Waals surface area contributed by atoms with Gasteiger partial charge in [-0.1, -0.05) is 12.1 Å². The van der Waals surface area contributed by atoms with E-state index in [9.17, 15) is 4.79 Å². The van der Waals surface area contributed by atoms with Gasteiger partial charge in [-0.05, 0) is 42.5 Å². The number of ether oxygens (including phenoxy) is 2. The van der Waals surface area contributed by atoms with Gasteiger partial charge in [-0.15, -0.1) is 0 Å². The average Bonchev–Trinajstić information content (AvgIpc) is 3.58. The Morgan fingerprint density at radius 3 is 2.74 bits per heavy atom. The first-order valence-corrected chi connectivity index (χ1v) is 9.82. The first-order valence-electron chi connectivity index (χ1n) is 9.82. The molecule has 0 aliphatic carbocycles. The summed E-state index contributed by atoms with van der Waals surface area (Å²) in [5.41, 5.74) is 3.83. The maximum atomic E-state index is 13.2. The third-order valence-corrected chi connectivity index (χ3v) is 5.36. The van der Waals surface area contributed by atoms with E-state index in [0.29, 0.717) is 23.6 Å². The Morgan fingerprint density at radius 2 is 1.87 bits per heavy atom. The molecule has 31 heavy (non-hydrogen) atoms. The summed E-state index contributed by atoms with van der Waals surface area (Å²) < 4.78 is 16.2. The van der Waals surface area contributed by atoms with Gasteiger partial charge < -0.3 is 13.9 Å². The van der Waals surface area contributed by atoms with Gasteiger partial charge in [-0.2, -0.15) is 5.10 Å². The van der Waals surface area contributed by atoms with Gasteiger partial charge in [-0.25, -0.2) is 9.99 Å². The number of para-hydroxylation sites is 2. The van der Waals surface area contributed by atoms with Gasteiger partial charge in [0.15, 0.2) is 17.3 Å². The fraction of sp³-hybridized carbons (Fsp3) is 0.130. The first-order chi connectivity index (χ1) is 15.3.